The number of aryl methyl sites for hydroxylation is 1. The third-order valence-corrected chi connectivity index (χ3v) is 6.98. The van der Waals surface area contributed by atoms with E-state index in [1.807, 2.05) is 30.0 Å². The first-order valence-electron chi connectivity index (χ1n) is 10.1. The Morgan fingerprint density at radius 1 is 1.11 bits per heavy atom. The molecule has 3 atom stereocenters. The number of amides is 1. The molecule has 4 fully saturated rings. The number of rotatable bonds is 2. The Morgan fingerprint density at radius 2 is 1.89 bits per heavy atom. The minimum absolute atomic E-state index is 0.0663. The topological polar surface area (TPSA) is 43.8 Å². The first-order chi connectivity index (χ1) is 13.5. The number of phenols is 1. The number of carbonyl (C=O) groups is 1. The molecular formula is C23H25FN2O2. The summed E-state index contributed by atoms with van der Waals surface area (Å²) in [5, 5.41) is 9.99. The molecule has 4 saturated heterocycles. The molecule has 2 aromatic rings. The van der Waals surface area contributed by atoms with Crippen molar-refractivity contribution < 1.29 is 14.3 Å². The van der Waals surface area contributed by atoms with Gasteiger partial charge in [-0.1, -0.05) is 18.2 Å². The predicted molar refractivity (Wildman–Crippen MR) is 105 cm³/mol. The van der Waals surface area contributed by atoms with Crippen molar-refractivity contribution >= 4 is 5.91 Å². The van der Waals surface area contributed by atoms with Crippen molar-refractivity contribution in [2.45, 2.75) is 37.8 Å². The molecule has 1 amide bonds. The van der Waals surface area contributed by atoms with Crippen LogP contribution in [0.25, 0.3) is 0 Å². The smallest absolute Gasteiger partial charge is 0.254 e. The van der Waals surface area contributed by atoms with Crippen LogP contribution in [0.1, 0.15) is 40.2 Å². The van der Waals surface area contributed by atoms with Gasteiger partial charge in [0.2, 0.25) is 0 Å². The molecule has 1 N–H and O–H groups in total. The third kappa shape index (κ3) is 2.72. The minimum Gasteiger partial charge on any atom is -0.508 e. The quantitative estimate of drug-likeness (QED) is 0.867. The van der Waals surface area contributed by atoms with Gasteiger partial charge < -0.3 is 10.0 Å². The maximum Gasteiger partial charge on any atom is 0.254 e. The van der Waals surface area contributed by atoms with Crippen molar-refractivity contribution in [1.82, 2.24) is 9.80 Å². The van der Waals surface area contributed by atoms with Gasteiger partial charge in [0.05, 0.1) is 6.04 Å². The maximum atomic E-state index is 13.9. The maximum absolute atomic E-state index is 13.9. The molecule has 0 aliphatic carbocycles. The molecule has 0 aromatic heterocycles. The zero-order valence-electron chi connectivity index (χ0n) is 16.0. The molecule has 4 heterocycles. The standard InChI is InChI=1S/C23H25FN2O2/c1-14-5-6-17(24)12-19(14)23(28)26-13-20(16-3-2-4-18(27)11-16)22-21(26)15-7-9-25(22)10-8-15/h2-6,11-12,15,20-22,27H,7-10,13H2,1H3/t20-,21+,22+/m1/s1. The fourth-order valence-corrected chi connectivity index (χ4v) is 5.68. The van der Waals surface area contributed by atoms with Gasteiger partial charge in [0.15, 0.2) is 0 Å². The van der Waals surface area contributed by atoms with Gasteiger partial charge in [-0.15, -0.1) is 0 Å². The number of phenolic OH excluding ortho intramolecular Hbond substituents is 1. The van der Waals surface area contributed by atoms with Crippen molar-refractivity contribution in [2.75, 3.05) is 19.6 Å². The van der Waals surface area contributed by atoms with Crippen LogP contribution >= 0.6 is 0 Å². The van der Waals surface area contributed by atoms with Gasteiger partial charge in [0, 0.05) is 24.1 Å². The molecule has 6 rings (SSSR count). The molecule has 0 radical (unpaired) electrons. The van der Waals surface area contributed by atoms with E-state index in [0.29, 0.717) is 18.0 Å². The predicted octanol–water partition coefficient (Wildman–Crippen LogP) is 3.54. The van der Waals surface area contributed by atoms with E-state index in [-0.39, 0.29) is 35.5 Å². The fraction of sp³-hybridized carbons (Fsp3) is 0.435. The van der Waals surface area contributed by atoms with Crippen molar-refractivity contribution in [1.29, 1.82) is 0 Å². The van der Waals surface area contributed by atoms with Crippen LogP contribution in [0.4, 0.5) is 4.39 Å². The minimum atomic E-state index is -0.372. The van der Waals surface area contributed by atoms with Gasteiger partial charge in [0.25, 0.3) is 5.91 Å². The number of nitrogens with zero attached hydrogens (tertiary/aromatic N) is 2. The summed E-state index contributed by atoms with van der Waals surface area (Å²) in [6.45, 7) is 4.62. The highest BCUT2D eigenvalue weighted by atomic mass is 19.1. The Labute approximate surface area is 164 Å². The van der Waals surface area contributed by atoms with Gasteiger partial charge in [0.1, 0.15) is 11.6 Å². The van der Waals surface area contributed by atoms with Crippen LogP contribution in [0.3, 0.4) is 0 Å². The van der Waals surface area contributed by atoms with Gasteiger partial charge in [-0.2, -0.15) is 0 Å². The average Bonchev–Trinajstić information content (AvgIpc) is 3.13. The second-order valence-corrected chi connectivity index (χ2v) is 8.47. The Balaban J connectivity index is 1.55. The molecule has 2 bridgehead atoms. The lowest BCUT2D eigenvalue weighted by molar-refractivity contribution is -0.00345. The van der Waals surface area contributed by atoms with Gasteiger partial charge in [-0.25, -0.2) is 4.39 Å². The number of fused-ring (bicyclic) bond motifs is 2. The van der Waals surface area contributed by atoms with E-state index in [9.17, 15) is 14.3 Å². The molecule has 0 saturated carbocycles. The van der Waals surface area contributed by atoms with Crippen LogP contribution in [0.15, 0.2) is 42.5 Å². The van der Waals surface area contributed by atoms with Crippen molar-refractivity contribution in [2.24, 2.45) is 5.92 Å². The highest BCUT2D eigenvalue weighted by molar-refractivity contribution is 5.96. The van der Waals surface area contributed by atoms with Crippen molar-refractivity contribution in [3.8, 4) is 5.75 Å². The first kappa shape index (κ1) is 17.7. The Hall–Kier alpha value is -2.40. The number of hydrogen-bond donors (Lipinski definition) is 1. The van der Waals surface area contributed by atoms with E-state index in [0.717, 1.165) is 37.1 Å². The van der Waals surface area contributed by atoms with Crippen LogP contribution in [0, 0.1) is 18.7 Å². The largest absolute Gasteiger partial charge is 0.508 e. The number of benzene rings is 2. The Bertz CT molecular complexity index is 923. The fourth-order valence-electron chi connectivity index (χ4n) is 5.68. The van der Waals surface area contributed by atoms with Gasteiger partial charge in [-0.3, -0.25) is 9.69 Å². The molecule has 2 aromatic carbocycles. The lowest BCUT2D eigenvalue weighted by Crippen LogP contribution is -2.60. The summed E-state index contributed by atoms with van der Waals surface area (Å²) in [5.74, 6) is 0.482. The van der Waals surface area contributed by atoms with Crippen LogP contribution < -0.4 is 0 Å². The second-order valence-electron chi connectivity index (χ2n) is 8.47. The molecule has 4 aliphatic rings. The van der Waals surface area contributed by atoms with E-state index in [1.54, 1.807) is 12.1 Å². The lowest BCUT2D eigenvalue weighted by Gasteiger charge is -2.51. The average molecular weight is 380 g/mol. The molecule has 4 aliphatic heterocycles. The normalized spacial score (nSPS) is 31.1. The summed E-state index contributed by atoms with van der Waals surface area (Å²) in [4.78, 5) is 18.0. The van der Waals surface area contributed by atoms with Gasteiger partial charge in [-0.05, 0) is 74.2 Å². The molecule has 146 valence electrons. The zero-order valence-corrected chi connectivity index (χ0v) is 16.0. The van der Waals surface area contributed by atoms with E-state index < -0.39 is 0 Å². The van der Waals surface area contributed by atoms with Crippen LogP contribution in [0.5, 0.6) is 5.75 Å². The van der Waals surface area contributed by atoms with E-state index >= 15 is 0 Å². The number of halogens is 1. The lowest BCUT2D eigenvalue weighted by atomic mass is 9.75. The number of hydrogen-bond acceptors (Lipinski definition) is 3. The molecule has 0 spiro atoms. The van der Waals surface area contributed by atoms with Crippen molar-refractivity contribution in [3.63, 3.8) is 0 Å². The zero-order chi connectivity index (χ0) is 19.4. The number of carbonyl (C=O) groups excluding carboxylic acids is 1. The third-order valence-electron chi connectivity index (χ3n) is 6.98. The van der Waals surface area contributed by atoms with E-state index in [2.05, 4.69) is 4.90 Å². The summed E-state index contributed by atoms with van der Waals surface area (Å²) in [6.07, 6.45) is 2.22. The first-order valence-corrected chi connectivity index (χ1v) is 10.1. The Morgan fingerprint density at radius 3 is 2.64 bits per heavy atom. The molecule has 5 heteroatoms. The monoisotopic (exact) mass is 380 g/mol. The Kier molecular flexibility index (Phi) is 4.16. The second kappa shape index (κ2) is 6.59. The highest BCUT2D eigenvalue weighted by Crippen LogP contribution is 2.47. The highest BCUT2D eigenvalue weighted by Gasteiger charge is 2.54. The summed E-state index contributed by atoms with van der Waals surface area (Å²) in [7, 11) is 0. The van der Waals surface area contributed by atoms with E-state index in [4.69, 9.17) is 0 Å². The van der Waals surface area contributed by atoms with Crippen LogP contribution in [-0.4, -0.2) is 52.5 Å². The summed E-state index contributed by atoms with van der Waals surface area (Å²) in [6, 6.07) is 12.3. The molecule has 28 heavy (non-hydrogen) atoms. The van der Waals surface area contributed by atoms with E-state index in [1.165, 1.54) is 12.1 Å². The number of piperidine rings is 3. The summed E-state index contributed by atoms with van der Waals surface area (Å²) in [5.41, 5.74) is 2.35. The van der Waals surface area contributed by atoms with Gasteiger partial charge >= 0.3 is 0 Å². The molecule has 0 unspecified atom stereocenters. The number of aromatic hydroxyl groups is 1. The number of likely N-dealkylation sites (tertiary alicyclic amines) is 1. The molecule has 4 nitrogen and oxygen atoms in total. The SMILES string of the molecule is Cc1ccc(F)cc1C(=O)N1C[C@H](c2cccc(O)c2)[C@H]2[C@@H]1C1CCN2CC1. The summed E-state index contributed by atoms with van der Waals surface area (Å²) < 4.78 is 13.9. The molecular weight excluding hydrogens is 355 g/mol. The summed E-state index contributed by atoms with van der Waals surface area (Å²) >= 11 is 0. The van der Waals surface area contributed by atoms with Crippen molar-refractivity contribution in [3.05, 3.63) is 65.0 Å². The van der Waals surface area contributed by atoms with Crippen LogP contribution in [-0.2, 0) is 0 Å². The van der Waals surface area contributed by atoms with Crippen LogP contribution in [0.2, 0.25) is 0 Å².